The van der Waals surface area contributed by atoms with E-state index in [1.54, 1.807) is 0 Å². The molecule has 6 heteroatoms. The number of hydrogen-bond acceptors (Lipinski definition) is 5. The number of benzene rings is 1. The molecule has 0 spiro atoms. The van der Waals surface area contributed by atoms with Crippen molar-refractivity contribution in [2.75, 3.05) is 25.5 Å². The molecule has 2 aromatic rings. The third-order valence-corrected chi connectivity index (χ3v) is 6.10. The molecule has 0 bridgehead atoms. The minimum atomic E-state index is -0.431. The second kappa shape index (κ2) is 8.67. The van der Waals surface area contributed by atoms with Gasteiger partial charge in [0.25, 0.3) is 0 Å². The number of nitrogens with zero attached hydrogens (tertiary/aromatic N) is 1. The maximum absolute atomic E-state index is 12.6. The van der Waals surface area contributed by atoms with Crippen LogP contribution in [0.5, 0.6) is 0 Å². The zero-order valence-corrected chi connectivity index (χ0v) is 16.9. The summed E-state index contributed by atoms with van der Waals surface area (Å²) in [6.07, 6.45) is 3.47. The van der Waals surface area contributed by atoms with Gasteiger partial charge in [-0.2, -0.15) is 0 Å². The summed E-state index contributed by atoms with van der Waals surface area (Å²) in [5.74, 6) is -0.519. The Morgan fingerprint density at radius 1 is 1.26 bits per heavy atom. The molecule has 144 valence electrons. The van der Waals surface area contributed by atoms with E-state index >= 15 is 0 Å². The molecule has 1 aliphatic rings. The third kappa shape index (κ3) is 4.39. The topological polar surface area (TPSA) is 58.6 Å². The van der Waals surface area contributed by atoms with E-state index in [-0.39, 0.29) is 5.91 Å². The Bertz CT molecular complexity index is 816. The molecule has 1 aliphatic heterocycles. The number of rotatable bonds is 5. The van der Waals surface area contributed by atoms with Crippen LogP contribution in [0.2, 0.25) is 0 Å². The second-order valence-corrected chi connectivity index (χ2v) is 8.18. The van der Waals surface area contributed by atoms with E-state index in [0.717, 1.165) is 35.4 Å². The number of anilines is 1. The van der Waals surface area contributed by atoms with Crippen LogP contribution in [0.25, 0.3) is 11.1 Å². The van der Waals surface area contributed by atoms with E-state index < -0.39 is 5.97 Å². The van der Waals surface area contributed by atoms with Gasteiger partial charge in [-0.05, 0) is 38.8 Å². The molecule has 27 heavy (non-hydrogen) atoms. The number of amides is 1. The SMILES string of the molecule is COC(=O)c1c(NC(=O)CN2CCCCC2C)sc(C)c1-c1ccccc1. The minimum absolute atomic E-state index is 0.0882. The molecule has 1 fully saturated rings. The van der Waals surface area contributed by atoms with Crippen LogP contribution >= 0.6 is 11.3 Å². The molecule has 1 amide bonds. The number of likely N-dealkylation sites (tertiary alicyclic amines) is 1. The monoisotopic (exact) mass is 386 g/mol. The number of carbonyl (C=O) groups is 2. The number of methoxy groups -OCH3 is 1. The van der Waals surface area contributed by atoms with Crippen LogP contribution in [-0.2, 0) is 9.53 Å². The van der Waals surface area contributed by atoms with Crippen LogP contribution in [-0.4, -0.2) is 43.0 Å². The Balaban J connectivity index is 1.87. The van der Waals surface area contributed by atoms with Crippen molar-refractivity contribution in [2.24, 2.45) is 0 Å². The summed E-state index contributed by atoms with van der Waals surface area (Å²) in [6, 6.07) is 10.1. The molecule has 1 aromatic heterocycles. The Kier molecular flexibility index (Phi) is 6.29. The minimum Gasteiger partial charge on any atom is -0.465 e. The van der Waals surface area contributed by atoms with Crippen molar-refractivity contribution in [3.05, 3.63) is 40.8 Å². The summed E-state index contributed by atoms with van der Waals surface area (Å²) in [5, 5.41) is 3.52. The number of nitrogens with one attached hydrogen (secondary N) is 1. The normalized spacial score (nSPS) is 17.5. The van der Waals surface area contributed by atoms with E-state index in [1.165, 1.54) is 24.9 Å². The third-order valence-electron chi connectivity index (χ3n) is 5.08. The van der Waals surface area contributed by atoms with Gasteiger partial charge in [0.15, 0.2) is 0 Å². The van der Waals surface area contributed by atoms with Gasteiger partial charge >= 0.3 is 5.97 Å². The van der Waals surface area contributed by atoms with Crippen LogP contribution in [0.3, 0.4) is 0 Å². The first-order valence-electron chi connectivity index (χ1n) is 9.32. The summed E-state index contributed by atoms with van der Waals surface area (Å²) in [6.45, 7) is 5.41. The van der Waals surface area contributed by atoms with Crippen LogP contribution < -0.4 is 5.32 Å². The van der Waals surface area contributed by atoms with Crippen molar-refractivity contribution in [1.82, 2.24) is 4.90 Å². The molecule has 2 heterocycles. The molecular formula is C21H26N2O3S. The van der Waals surface area contributed by atoms with Crippen molar-refractivity contribution < 1.29 is 14.3 Å². The van der Waals surface area contributed by atoms with Crippen molar-refractivity contribution >= 4 is 28.2 Å². The van der Waals surface area contributed by atoms with Crippen LogP contribution in [0, 0.1) is 6.92 Å². The maximum Gasteiger partial charge on any atom is 0.341 e. The van der Waals surface area contributed by atoms with Crippen LogP contribution in [0.15, 0.2) is 30.3 Å². The molecule has 0 aliphatic carbocycles. The van der Waals surface area contributed by atoms with Gasteiger partial charge in [-0.1, -0.05) is 36.8 Å². The van der Waals surface area contributed by atoms with Gasteiger partial charge in [-0.15, -0.1) is 11.3 Å². The number of carbonyl (C=O) groups excluding carboxylic acids is 2. The van der Waals surface area contributed by atoms with E-state index in [4.69, 9.17) is 4.74 Å². The fourth-order valence-corrected chi connectivity index (χ4v) is 4.71. The van der Waals surface area contributed by atoms with Crippen molar-refractivity contribution in [3.8, 4) is 11.1 Å². The maximum atomic E-state index is 12.6. The lowest BCUT2D eigenvalue weighted by atomic mass is 10.0. The van der Waals surface area contributed by atoms with Crippen molar-refractivity contribution in [3.63, 3.8) is 0 Å². The summed E-state index contributed by atoms with van der Waals surface area (Å²) in [7, 11) is 1.37. The lowest BCUT2D eigenvalue weighted by Crippen LogP contribution is -2.42. The average Bonchev–Trinajstić information content (AvgIpc) is 2.99. The van der Waals surface area contributed by atoms with E-state index in [2.05, 4.69) is 17.1 Å². The number of esters is 1. The molecule has 5 nitrogen and oxygen atoms in total. The molecule has 0 saturated carbocycles. The summed E-state index contributed by atoms with van der Waals surface area (Å²) >= 11 is 1.42. The number of ether oxygens (including phenoxy) is 1. The quantitative estimate of drug-likeness (QED) is 0.778. The molecule has 1 atom stereocenters. The standard InChI is InChI=1S/C21H26N2O3S/c1-14-9-7-8-12-23(14)13-17(24)22-20-19(21(25)26-3)18(15(2)27-20)16-10-5-4-6-11-16/h4-6,10-11,14H,7-9,12-13H2,1-3H3,(H,22,24). The lowest BCUT2D eigenvalue weighted by molar-refractivity contribution is -0.118. The highest BCUT2D eigenvalue weighted by molar-refractivity contribution is 7.17. The smallest absolute Gasteiger partial charge is 0.341 e. The molecule has 1 saturated heterocycles. The number of piperidine rings is 1. The Labute approximate surface area is 164 Å². The molecular weight excluding hydrogens is 360 g/mol. The zero-order chi connectivity index (χ0) is 19.4. The zero-order valence-electron chi connectivity index (χ0n) is 16.1. The Morgan fingerprint density at radius 3 is 2.67 bits per heavy atom. The fraction of sp³-hybridized carbons (Fsp3) is 0.429. The highest BCUT2D eigenvalue weighted by Gasteiger charge is 2.26. The fourth-order valence-electron chi connectivity index (χ4n) is 3.63. The van der Waals surface area contributed by atoms with Crippen molar-refractivity contribution in [2.45, 2.75) is 39.2 Å². The lowest BCUT2D eigenvalue weighted by Gasteiger charge is -2.32. The summed E-state index contributed by atoms with van der Waals surface area (Å²) < 4.78 is 5.01. The van der Waals surface area contributed by atoms with Crippen LogP contribution in [0.1, 0.15) is 41.4 Å². The van der Waals surface area contributed by atoms with Gasteiger partial charge < -0.3 is 10.1 Å². The van der Waals surface area contributed by atoms with Gasteiger partial charge in [0.05, 0.1) is 13.7 Å². The highest BCUT2D eigenvalue weighted by Crippen LogP contribution is 2.40. The predicted molar refractivity (Wildman–Crippen MR) is 109 cm³/mol. The van der Waals surface area contributed by atoms with Gasteiger partial charge in [0.2, 0.25) is 5.91 Å². The van der Waals surface area contributed by atoms with Gasteiger partial charge in [-0.3, -0.25) is 9.69 Å². The van der Waals surface area contributed by atoms with E-state index in [9.17, 15) is 9.59 Å². The van der Waals surface area contributed by atoms with Crippen LogP contribution in [0.4, 0.5) is 5.00 Å². The predicted octanol–water partition coefficient (Wildman–Crippen LogP) is 4.32. The molecule has 1 N–H and O–H groups in total. The number of aryl methyl sites for hydroxylation is 1. The first-order chi connectivity index (χ1) is 13.0. The molecule has 1 unspecified atom stereocenters. The van der Waals surface area contributed by atoms with Gasteiger partial charge in [-0.25, -0.2) is 4.79 Å². The van der Waals surface area contributed by atoms with E-state index in [1.807, 2.05) is 37.3 Å². The Morgan fingerprint density at radius 2 is 2.00 bits per heavy atom. The number of hydrogen-bond donors (Lipinski definition) is 1. The van der Waals surface area contributed by atoms with Gasteiger partial charge in [0, 0.05) is 16.5 Å². The number of thiophene rings is 1. The Hall–Kier alpha value is -2.18. The first-order valence-corrected chi connectivity index (χ1v) is 10.1. The molecule has 3 rings (SSSR count). The van der Waals surface area contributed by atoms with E-state index in [0.29, 0.717) is 23.2 Å². The average molecular weight is 387 g/mol. The summed E-state index contributed by atoms with van der Waals surface area (Å²) in [5.41, 5.74) is 2.21. The largest absolute Gasteiger partial charge is 0.465 e. The molecule has 0 radical (unpaired) electrons. The summed E-state index contributed by atoms with van der Waals surface area (Å²) in [4.78, 5) is 28.3. The first kappa shape index (κ1) is 19.6. The highest BCUT2D eigenvalue weighted by atomic mass is 32.1. The molecule has 1 aromatic carbocycles. The second-order valence-electron chi connectivity index (χ2n) is 6.96. The van der Waals surface area contributed by atoms with Crippen molar-refractivity contribution in [1.29, 1.82) is 0 Å². The van der Waals surface area contributed by atoms with Gasteiger partial charge in [0.1, 0.15) is 10.6 Å².